The van der Waals surface area contributed by atoms with Gasteiger partial charge in [0.25, 0.3) is 0 Å². The SMILES string of the molecule is CCOc1ccc(-c2cnc(C)nc2N)cc1. The van der Waals surface area contributed by atoms with E-state index in [1.165, 1.54) is 0 Å². The number of ether oxygens (including phenoxy) is 1. The van der Waals surface area contributed by atoms with Crippen LogP contribution in [0.2, 0.25) is 0 Å². The van der Waals surface area contributed by atoms with Crippen LogP contribution in [-0.2, 0) is 0 Å². The number of nitrogens with zero attached hydrogens (tertiary/aromatic N) is 2. The van der Waals surface area contributed by atoms with Gasteiger partial charge in [-0.1, -0.05) is 12.1 Å². The van der Waals surface area contributed by atoms with Crippen molar-refractivity contribution in [3.8, 4) is 16.9 Å². The van der Waals surface area contributed by atoms with Crippen LogP contribution in [0.1, 0.15) is 12.7 Å². The molecule has 1 aromatic carbocycles. The molecule has 1 heterocycles. The summed E-state index contributed by atoms with van der Waals surface area (Å²) in [5, 5.41) is 0. The van der Waals surface area contributed by atoms with Crippen molar-refractivity contribution < 1.29 is 4.74 Å². The highest BCUT2D eigenvalue weighted by molar-refractivity contribution is 5.73. The van der Waals surface area contributed by atoms with Crippen molar-refractivity contribution in [3.05, 3.63) is 36.3 Å². The van der Waals surface area contributed by atoms with Gasteiger partial charge in [0.15, 0.2) is 0 Å². The summed E-state index contributed by atoms with van der Waals surface area (Å²) in [7, 11) is 0. The molecule has 0 saturated heterocycles. The topological polar surface area (TPSA) is 61.0 Å². The number of hydrogen-bond acceptors (Lipinski definition) is 4. The lowest BCUT2D eigenvalue weighted by molar-refractivity contribution is 0.340. The van der Waals surface area contributed by atoms with Crippen LogP contribution in [0.15, 0.2) is 30.5 Å². The molecule has 0 aliphatic heterocycles. The molecule has 0 aliphatic carbocycles. The van der Waals surface area contributed by atoms with E-state index in [0.29, 0.717) is 18.2 Å². The molecule has 2 aromatic rings. The molecular formula is C13H15N3O. The fourth-order valence-electron chi connectivity index (χ4n) is 1.61. The van der Waals surface area contributed by atoms with Gasteiger partial charge in [-0.25, -0.2) is 9.97 Å². The van der Waals surface area contributed by atoms with Gasteiger partial charge in [0, 0.05) is 11.8 Å². The van der Waals surface area contributed by atoms with E-state index in [0.717, 1.165) is 16.9 Å². The van der Waals surface area contributed by atoms with Gasteiger partial charge < -0.3 is 10.5 Å². The Bertz CT molecular complexity index is 509. The molecule has 0 atom stereocenters. The zero-order chi connectivity index (χ0) is 12.3. The lowest BCUT2D eigenvalue weighted by Gasteiger charge is -2.07. The van der Waals surface area contributed by atoms with E-state index in [1.54, 1.807) is 6.20 Å². The molecule has 4 heteroatoms. The molecule has 0 amide bonds. The zero-order valence-electron chi connectivity index (χ0n) is 9.97. The summed E-state index contributed by atoms with van der Waals surface area (Å²) < 4.78 is 5.38. The largest absolute Gasteiger partial charge is 0.494 e. The van der Waals surface area contributed by atoms with Crippen molar-refractivity contribution in [2.75, 3.05) is 12.3 Å². The Morgan fingerprint density at radius 3 is 2.53 bits per heavy atom. The highest BCUT2D eigenvalue weighted by Gasteiger charge is 2.05. The number of hydrogen-bond donors (Lipinski definition) is 1. The summed E-state index contributed by atoms with van der Waals surface area (Å²) >= 11 is 0. The van der Waals surface area contributed by atoms with Gasteiger partial charge in [-0.2, -0.15) is 0 Å². The van der Waals surface area contributed by atoms with Crippen molar-refractivity contribution in [2.24, 2.45) is 0 Å². The summed E-state index contributed by atoms with van der Waals surface area (Å²) in [6.07, 6.45) is 1.74. The first-order valence-corrected chi connectivity index (χ1v) is 5.53. The second-order valence-electron chi connectivity index (χ2n) is 3.67. The third-order valence-electron chi connectivity index (χ3n) is 2.42. The zero-order valence-corrected chi connectivity index (χ0v) is 9.97. The van der Waals surface area contributed by atoms with Crippen LogP contribution in [0.5, 0.6) is 5.75 Å². The molecule has 0 saturated carbocycles. The molecule has 0 unspecified atom stereocenters. The van der Waals surface area contributed by atoms with Crippen molar-refractivity contribution >= 4 is 5.82 Å². The van der Waals surface area contributed by atoms with Gasteiger partial charge in [0.05, 0.1) is 6.61 Å². The highest BCUT2D eigenvalue weighted by Crippen LogP contribution is 2.25. The van der Waals surface area contributed by atoms with E-state index in [9.17, 15) is 0 Å². The fraction of sp³-hybridized carbons (Fsp3) is 0.231. The highest BCUT2D eigenvalue weighted by atomic mass is 16.5. The average Bonchev–Trinajstić information content (AvgIpc) is 2.31. The summed E-state index contributed by atoms with van der Waals surface area (Å²) in [5.41, 5.74) is 7.71. The number of aryl methyl sites for hydroxylation is 1. The predicted molar refractivity (Wildman–Crippen MR) is 67.8 cm³/mol. The quantitative estimate of drug-likeness (QED) is 0.878. The molecule has 0 fully saturated rings. The van der Waals surface area contributed by atoms with Crippen LogP contribution >= 0.6 is 0 Å². The predicted octanol–water partition coefficient (Wildman–Crippen LogP) is 2.43. The van der Waals surface area contributed by atoms with E-state index >= 15 is 0 Å². The summed E-state index contributed by atoms with van der Waals surface area (Å²) in [6, 6.07) is 7.74. The number of nitrogen functional groups attached to an aromatic ring is 1. The van der Waals surface area contributed by atoms with Crippen molar-refractivity contribution in [2.45, 2.75) is 13.8 Å². The van der Waals surface area contributed by atoms with Crippen LogP contribution in [0.3, 0.4) is 0 Å². The van der Waals surface area contributed by atoms with Crippen molar-refractivity contribution in [3.63, 3.8) is 0 Å². The van der Waals surface area contributed by atoms with Crippen LogP contribution in [-0.4, -0.2) is 16.6 Å². The van der Waals surface area contributed by atoms with Gasteiger partial charge in [0.1, 0.15) is 17.4 Å². The fourth-order valence-corrected chi connectivity index (χ4v) is 1.61. The van der Waals surface area contributed by atoms with Gasteiger partial charge in [-0.05, 0) is 31.5 Å². The molecular weight excluding hydrogens is 214 g/mol. The number of benzene rings is 1. The minimum atomic E-state index is 0.502. The first-order valence-electron chi connectivity index (χ1n) is 5.53. The van der Waals surface area contributed by atoms with E-state index in [4.69, 9.17) is 10.5 Å². The Labute approximate surface area is 100 Å². The maximum atomic E-state index is 5.87. The maximum Gasteiger partial charge on any atom is 0.135 e. The second-order valence-corrected chi connectivity index (χ2v) is 3.67. The van der Waals surface area contributed by atoms with Crippen molar-refractivity contribution in [1.29, 1.82) is 0 Å². The van der Waals surface area contributed by atoms with Crippen LogP contribution in [0.4, 0.5) is 5.82 Å². The number of anilines is 1. The van der Waals surface area contributed by atoms with E-state index in [1.807, 2.05) is 38.1 Å². The number of aromatic nitrogens is 2. The Balaban J connectivity index is 2.33. The lowest BCUT2D eigenvalue weighted by atomic mass is 10.1. The first-order chi connectivity index (χ1) is 8.20. The maximum absolute atomic E-state index is 5.87. The molecule has 0 spiro atoms. The van der Waals surface area contributed by atoms with Crippen LogP contribution < -0.4 is 10.5 Å². The third kappa shape index (κ3) is 2.53. The Morgan fingerprint density at radius 1 is 1.24 bits per heavy atom. The smallest absolute Gasteiger partial charge is 0.135 e. The van der Waals surface area contributed by atoms with Gasteiger partial charge in [-0.15, -0.1) is 0 Å². The summed E-state index contributed by atoms with van der Waals surface area (Å²) in [6.45, 7) is 4.44. The van der Waals surface area contributed by atoms with E-state index < -0.39 is 0 Å². The van der Waals surface area contributed by atoms with Crippen molar-refractivity contribution in [1.82, 2.24) is 9.97 Å². The normalized spacial score (nSPS) is 10.2. The molecule has 17 heavy (non-hydrogen) atoms. The minimum Gasteiger partial charge on any atom is -0.494 e. The molecule has 4 nitrogen and oxygen atoms in total. The van der Waals surface area contributed by atoms with Gasteiger partial charge >= 0.3 is 0 Å². The third-order valence-corrected chi connectivity index (χ3v) is 2.42. The molecule has 0 bridgehead atoms. The summed E-state index contributed by atoms with van der Waals surface area (Å²) in [5.74, 6) is 2.03. The molecule has 2 rings (SSSR count). The van der Waals surface area contributed by atoms with E-state index in [-0.39, 0.29) is 0 Å². The molecule has 1 aromatic heterocycles. The number of nitrogens with two attached hydrogens (primary N) is 1. The summed E-state index contributed by atoms with van der Waals surface area (Å²) in [4.78, 5) is 8.30. The molecule has 2 N–H and O–H groups in total. The molecule has 0 aliphatic rings. The van der Waals surface area contributed by atoms with E-state index in [2.05, 4.69) is 9.97 Å². The van der Waals surface area contributed by atoms with Gasteiger partial charge in [-0.3, -0.25) is 0 Å². The standard InChI is InChI=1S/C13H15N3O/c1-3-17-11-6-4-10(5-7-11)12-8-15-9(2)16-13(12)14/h4-8H,3H2,1-2H3,(H2,14,15,16). The Hall–Kier alpha value is -2.10. The second kappa shape index (κ2) is 4.82. The molecule has 88 valence electrons. The van der Waals surface area contributed by atoms with Gasteiger partial charge in [0.2, 0.25) is 0 Å². The monoisotopic (exact) mass is 229 g/mol. The van der Waals surface area contributed by atoms with Crippen LogP contribution in [0, 0.1) is 6.92 Å². The van der Waals surface area contributed by atoms with Crippen LogP contribution in [0.25, 0.3) is 11.1 Å². The number of rotatable bonds is 3. The lowest BCUT2D eigenvalue weighted by Crippen LogP contribution is -1.98. The minimum absolute atomic E-state index is 0.502. The average molecular weight is 229 g/mol. The first kappa shape index (κ1) is 11.4. The molecule has 0 radical (unpaired) electrons. The Kier molecular flexibility index (Phi) is 3.23. The Morgan fingerprint density at radius 2 is 1.94 bits per heavy atom.